The van der Waals surface area contributed by atoms with Gasteiger partial charge in [0.25, 0.3) is 15.9 Å². The second-order valence-electron chi connectivity index (χ2n) is 3.17. The summed E-state index contributed by atoms with van der Waals surface area (Å²) in [6, 6.07) is 2.49. The van der Waals surface area contributed by atoms with Crippen molar-refractivity contribution >= 4 is 22.0 Å². The number of carbonyl (C=O) groups is 2. The van der Waals surface area contributed by atoms with Crippen molar-refractivity contribution in [3.05, 3.63) is 23.8 Å². The van der Waals surface area contributed by atoms with E-state index in [0.717, 1.165) is 6.07 Å². The van der Waals surface area contributed by atoms with Gasteiger partial charge in [0.05, 0.1) is 12.7 Å². The standard InChI is InChI=1S/C9H11N3O5S/c1-17-7-5(8(10)13)3-2-4-6(7)18(15,16)12-9(11)14/h2-4H,1H3,(H2,10,13)(H3,11,12,14). The van der Waals surface area contributed by atoms with E-state index >= 15 is 0 Å². The van der Waals surface area contributed by atoms with E-state index in [-0.39, 0.29) is 11.3 Å². The third-order valence-electron chi connectivity index (χ3n) is 1.97. The van der Waals surface area contributed by atoms with Crippen molar-refractivity contribution in [2.45, 2.75) is 4.90 Å². The van der Waals surface area contributed by atoms with Crippen LogP contribution >= 0.6 is 0 Å². The largest absolute Gasteiger partial charge is 0.494 e. The Labute approximate surface area is 103 Å². The van der Waals surface area contributed by atoms with Gasteiger partial charge in [-0.05, 0) is 12.1 Å². The molecule has 0 aliphatic heterocycles. The van der Waals surface area contributed by atoms with Crippen LogP contribution in [0.5, 0.6) is 5.75 Å². The predicted molar refractivity (Wildman–Crippen MR) is 61.4 cm³/mol. The maximum atomic E-state index is 11.8. The summed E-state index contributed by atoms with van der Waals surface area (Å²) in [5.41, 5.74) is 9.70. The number of nitrogens with one attached hydrogen (secondary N) is 1. The van der Waals surface area contributed by atoms with Crippen LogP contribution in [-0.2, 0) is 10.0 Å². The number of hydrogen-bond acceptors (Lipinski definition) is 5. The molecule has 0 aliphatic rings. The summed E-state index contributed by atoms with van der Waals surface area (Å²) in [5.74, 6) is -1.11. The molecule has 9 heteroatoms. The molecule has 0 bridgehead atoms. The van der Waals surface area contributed by atoms with E-state index in [0.29, 0.717) is 0 Å². The predicted octanol–water partition coefficient (Wildman–Crippen LogP) is -0.849. The highest BCUT2D eigenvalue weighted by Gasteiger charge is 2.24. The van der Waals surface area contributed by atoms with Crippen molar-refractivity contribution in [1.29, 1.82) is 0 Å². The molecule has 0 spiro atoms. The Morgan fingerprint density at radius 2 is 1.89 bits per heavy atom. The zero-order valence-electron chi connectivity index (χ0n) is 9.34. The lowest BCUT2D eigenvalue weighted by Crippen LogP contribution is -2.35. The number of carbonyl (C=O) groups excluding carboxylic acids is 2. The summed E-state index contributed by atoms with van der Waals surface area (Å²) in [7, 11) is -3.04. The van der Waals surface area contributed by atoms with Gasteiger partial charge in [0, 0.05) is 0 Å². The Balaban J connectivity index is 3.46. The molecule has 5 N–H and O–H groups in total. The van der Waals surface area contributed by atoms with E-state index in [1.54, 1.807) is 4.72 Å². The maximum Gasteiger partial charge on any atom is 0.326 e. The van der Waals surface area contributed by atoms with Gasteiger partial charge in [-0.1, -0.05) is 6.07 Å². The third kappa shape index (κ3) is 2.69. The highest BCUT2D eigenvalue weighted by atomic mass is 32.2. The Morgan fingerprint density at radius 1 is 1.28 bits per heavy atom. The number of methoxy groups -OCH3 is 1. The summed E-state index contributed by atoms with van der Waals surface area (Å²) < 4.78 is 29.9. The molecule has 1 rings (SSSR count). The van der Waals surface area contributed by atoms with Crippen molar-refractivity contribution in [2.24, 2.45) is 11.5 Å². The smallest absolute Gasteiger partial charge is 0.326 e. The second kappa shape index (κ2) is 4.92. The average molecular weight is 273 g/mol. The molecule has 0 fully saturated rings. The number of para-hydroxylation sites is 1. The summed E-state index contributed by atoms with van der Waals surface area (Å²) in [6.07, 6.45) is 0. The first-order valence-electron chi connectivity index (χ1n) is 4.58. The summed E-state index contributed by atoms with van der Waals surface area (Å²) >= 11 is 0. The van der Waals surface area contributed by atoms with Gasteiger partial charge in [-0.3, -0.25) is 4.79 Å². The molecule has 0 unspecified atom stereocenters. The van der Waals surface area contributed by atoms with E-state index in [9.17, 15) is 18.0 Å². The van der Waals surface area contributed by atoms with Crippen LogP contribution in [0.15, 0.2) is 23.1 Å². The van der Waals surface area contributed by atoms with Crippen molar-refractivity contribution < 1.29 is 22.7 Å². The molecule has 0 aromatic heterocycles. The lowest BCUT2D eigenvalue weighted by molar-refractivity contribution is 0.0997. The molecule has 0 atom stereocenters. The molecular formula is C9H11N3O5S. The fourth-order valence-corrected chi connectivity index (χ4v) is 2.39. The van der Waals surface area contributed by atoms with Crippen LogP contribution in [0, 0.1) is 0 Å². The number of primary amides is 2. The molecule has 0 aliphatic carbocycles. The molecule has 1 aromatic rings. The zero-order chi connectivity index (χ0) is 13.9. The monoisotopic (exact) mass is 273 g/mol. The maximum absolute atomic E-state index is 11.8. The van der Waals surface area contributed by atoms with Crippen molar-refractivity contribution in [3.63, 3.8) is 0 Å². The lowest BCUT2D eigenvalue weighted by atomic mass is 10.2. The normalized spacial score (nSPS) is 10.7. The molecule has 8 nitrogen and oxygen atoms in total. The topological polar surface area (TPSA) is 142 Å². The molecule has 0 radical (unpaired) electrons. The van der Waals surface area contributed by atoms with Crippen molar-refractivity contribution in [3.8, 4) is 5.75 Å². The van der Waals surface area contributed by atoms with Crippen LogP contribution in [0.4, 0.5) is 4.79 Å². The minimum absolute atomic E-state index is 0.121. The molecule has 0 saturated carbocycles. The van der Waals surface area contributed by atoms with Gasteiger partial charge in [-0.2, -0.15) is 0 Å². The number of hydrogen-bond donors (Lipinski definition) is 3. The van der Waals surface area contributed by atoms with Gasteiger partial charge in [0.15, 0.2) is 5.75 Å². The van der Waals surface area contributed by atoms with Gasteiger partial charge in [0.1, 0.15) is 4.90 Å². The quantitative estimate of drug-likeness (QED) is 0.655. The molecule has 1 aromatic carbocycles. The Hall–Kier alpha value is -2.29. The summed E-state index contributed by atoms with van der Waals surface area (Å²) in [6.45, 7) is 0. The minimum Gasteiger partial charge on any atom is -0.494 e. The van der Waals surface area contributed by atoms with Crippen molar-refractivity contribution in [2.75, 3.05) is 7.11 Å². The number of amides is 3. The lowest BCUT2D eigenvalue weighted by Gasteiger charge is -2.11. The number of nitrogens with two attached hydrogens (primary N) is 2. The Kier molecular flexibility index (Phi) is 3.76. The van der Waals surface area contributed by atoms with Gasteiger partial charge >= 0.3 is 6.03 Å². The number of sulfonamides is 1. The molecule has 18 heavy (non-hydrogen) atoms. The van der Waals surface area contributed by atoms with Crippen LogP contribution in [0.3, 0.4) is 0 Å². The number of rotatable bonds is 4. The first kappa shape index (κ1) is 13.8. The third-order valence-corrected chi connectivity index (χ3v) is 3.34. The Morgan fingerprint density at radius 3 is 2.33 bits per heavy atom. The van der Waals surface area contributed by atoms with Crippen LogP contribution in [0.1, 0.15) is 10.4 Å². The van der Waals surface area contributed by atoms with Gasteiger partial charge < -0.3 is 16.2 Å². The van der Waals surface area contributed by atoms with E-state index in [1.165, 1.54) is 19.2 Å². The van der Waals surface area contributed by atoms with Crippen LogP contribution in [0.2, 0.25) is 0 Å². The second-order valence-corrected chi connectivity index (χ2v) is 4.82. The van der Waals surface area contributed by atoms with Crippen molar-refractivity contribution in [1.82, 2.24) is 4.72 Å². The summed E-state index contributed by atoms with van der Waals surface area (Å²) in [5, 5.41) is 0. The van der Waals surface area contributed by atoms with Gasteiger partial charge in [-0.15, -0.1) is 0 Å². The molecule has 0 saturated heterocycles. The fourth-order valence-electron chi connectivity index (χ4n) is 1.32. The Bertz CT molecular complexity index is 596. The first-order chi connectivity index (χ1) is 8.29. The van der Waals surface area contributed by atoms with E-state index in [4.69, 9.17) is 16.2 Å². The zero-order valence-corrected chi connectivity index (χ0v) is 10.2. The number of urea groups is 1. The van der Waals surface area contributed by atoms with E-state index < -0.39 is 26.9 Å². The summed E-state index contributed by atoms with van der Waals surface area (Å²) in [4.78, 5) is 21.3. The molecule has 0 heterocycles. The van der Waals surface area contributed by atoms with Gasteiger partial charge in [0.2, 0.25) is 0 Å². The van der Waals surface area contributed by atoms with Crippen LogP contribution in [0.25, 0.3) is 0 Å². The fraction of sp³-hybridized carbons (Fsp3) is 0.111. The molecular weight excluding hydrogens is 262 g/mol. The molecule has 98 valence electrons. The SMILES string of the molecule is COc1c(C(N)=O)cccc1S(=O)(=O)NC(N)=O. The highest BCUT2D eigenvalue weighted by Crippen LogP contribution is 2.27. The van der Waals surface area contributed by atoms with Crippen LogP contribution in [-0.4, -0.2) is 27.5 Å². The highest BCUT2D eigenvalue weighted by molar-refractivity contribution is 7.90. The van der Waals surface area contributed by atoms with Crippen LogP contribution < -0.4 is 20.9 Å². The van der Waals surface area contributed by atoms with E-state index in [1.807, 2.05) is 0 Å². The first-order valence-corrected chi connectivity index (χ1v) is 6.07. The molecule has 3 amide bonds. The number of ether oxygens (including phenoxy) is 1. The van der Waals surface area contributed by atoms with Gasteiger partial charge in [-0.25, -0.2) is 17.9 Å². The number of benzene rings is 1. The average Bonchev–Trinajstić information content (AvgIpc) is 2.26. The van der Waals surface area contributed by atoms with E-state index in [2.05, 4.69) is 0 Å². The minimum atomic E-state index is -4.22.